The number of pyridine rings is 1. The summed E-state index contributed by atoms with van der Waals surface area (Å²) in [7, 11) is 0. The zero-order chi connectivity index (χ0) is 30.4. The Morgan fingerprint density at radius 2 is 1.93 bits per heavy atom. The van der Waals surface area contributed by atoms with Gasteiger partial charge in [-0.1, -0.05) is 18.2 Å². The molecular weight excluding hydrogens is 579 g/mol. The summed E-state index contributed by atoms with van der Waals surface area (Å²) in [4.78, 5) is 31.5. The van der Waals surface area contributed by atoms with Gasteiger partial charge in [0.25, 0.3) is 11.8 Å². The number of hydrogen-bond acceptors (Lipinski definition) is 6. The number of halogens is 5. The lowest BCUT2D eigenvalue weighted by Gasteiger charge is -2.46. The third kappa shape index (κ3) is 5.22. The van der Waals surface area contributed by atoms with Gasteiger partial charge in [-0.15, -0.1) is 11.8 Å². The smallest absolute Gasteiger partial charge is 0.416 e. The highest BCUT2D eigenvalue weighted by molar-refractivity contribution is 7.98. The van der Waals surface area contributed by atoms with Crippen LogP contribution in [0.25, 0.3) is 11.1 Å². The van der Waals surface area contributed by atoms with Crippen LogP contribution in [0.15, 0.2) is 71.1 Å². The van der Waals surface area contributed by atoms with Gasteiger partial charge in [0.2, 0.25) is 0 Å². The number of carbonyl (C=O) groups is 2. The Kier molecular flexibility index (Phi) is 7.75. The minimum atomic E-state index is -4.67. The van der Waals surface area contributed by atoms with E-state index in [0.29, 0.717) is 24.4 Å². The van der Waals surface area contributed by atoms with Crippen LogP contribution in [0, 0.1) is 11.6 Å². The average Bonchev–Trinajstić information content (AvgIpc) is 3.36. The molecule has 42 heavy (non-hydrogen) atoms. The normalized spacial score (nSPS) is 19.3. The van der Waals surface area contributed by atoms with Crippen molar-refractivity contribution in [1.29, 1.82) is 0 Å². The first kappa shape index (κ1) is 29.5. The van der Waals surface area contributed by atoms with Gasteiger partial charge in [0.15, 0.2) is 11.6 Å². The molecule has 13 heteroatoms. The molecular formula is C29H25F5N4O3S. The predicted octanol–water partition coefficient (Wildman–Crippen LogP) is 6.33. The van der Waals surface area contributed by atoms with Crippen LogP contribution in [0.5, 0.6) is 0 Å². The first-order valence-electron chi connectivity index (χ1n) is 12.8. The molecule has 1 fully saturated rings. The second-order valence-corrected chi connectivity index (χ2v) is 10.9. The van der Waals surface area contributed by atoms with E-state index < -0.39 is 58.6 Å². The zero-order valence-electron chi connectivity index (χ0n) is 22.4. The summed E-state index contributed by atoms with van der Waals surface area (Å²) in [6.45, 7) is 1.51. The first-order chi connectivity index (χ1) is 19.8. The van der Waals surface area contributed by atoms with Crippen LogP contribution in [-0.4, -0.2) is 50.3 Å². The molecule has 220 valence electrons. The highest BCUT2D eigenvalue weighted by atomic mass is 32.2. The zero-order valence-corrected chi connectivity index (χ0v) is 23.2. The largest absolute Gasteiger partial charge is 0.509 e. The molecule has 2 aromatic carbocycles. The van der Waals surface area contributed by atoms with Crippen molar-refractivity contribution in [3.63, 3.8) is 0 Å². The number of hydrazine groups is 1. The van der Waals surface area contributed by atoms with Gasteiger partial charge in [-0.2, -0.15) is 13.2 Å². The van der Waals surface area contributed by atoms with Gasteiger partial charge in [-0.05, 0) is 56.4 Å². The van der Waals surface area contributed by atoms with Crippen molar-refractivity contribution in [3.05, 3.63) is 88.8 Å². The van der Waals surface area contributed by atoms with Crippen LogP contribution in [0.2, 0.25) is 0 Å². The van der Waals surface area contributed by atoms with Crippen molar-refractivity contribution >= 4 is 29.3 Å². The van der Waals surface area contributed by atoms with E-state index in [2.05, 4.69) is 10.3 Å². The highest BCUT2D eigenvalue weighted by Crippen LogP contribution is 2.42. The van der Waals surface area contributed by atoms with Crippen LogP contribution < -0.4 is 5.32 Å². The molecule has 5 rings (SSSR count). The van der Waals surface area contributed by atoms with Crippen LogP contribution in [0.3, 0.4) is 0 Å². The van der Waals surface area contributed by atoms with E-state index in [-0.39, 0.29) is 22.4 Å². The average molecular weight is 605 g/mol. The summed E-state index contributed by atoms with van der Waals surface area (Å²) in [6.07, 6.45) is -0.627. The van der Waals surface area contributed by atoms with E-state index in [9.17, 15) is 36.6 Å². The summed E-state index contributed by atoms with van der Waals surface area (Å²) in [6, 6.07) is 9.42. The van der Waals surface area contributed by atoms with Crippen molar-refractivity contribution in [2.75, 3.05) is 18.1 Å². The monoisotopic (exact) mass is 604 g/mol. The van der Waals surface area contributed by atoms with E-state index >= 15 is 0 Å². The first-order valence-corrected chi connectivity index (χ1v) is 14.1. The minimum Gasteiger partial charge on any atom is -0.509 e. The third-order valence-electron chi connectivity index (χ3n) is 7.52. The lowest BCUT2D eigenvalue weighted by atomic mass is 9.90. The molecule has 0 spiro atoms. The van der Waals surface area contributed by atoms with Crippen molar-refractivity contribution in [3.8, 4) is 11.1 Å². The van der Waals surface area contributed by atoms with E-state index in [1.807, 2.05) is 0 Å². The molecule has 1 aromatic heterocycles. The number of alkyl halides is 3. The highest BCUT2D eigenvalue weighted by Gasteiger charge is 2.52. The van der Waals surface area contributed by atoms with Crippen LogP contribution in [0.1, 0.15) is 30.9 Å². The molecule has 0 aliphatic carbocycles. The number of thioether (sulfide) groups is 1. The molecule has 0 saturated carbocycles. The fourth-order valence-electron chi connectivity index (χ4n) is 5.29. The number of anilines is 1. The number of carbonyl (C=O) groups excluding carboxylic acids is 2. The number of aromatic nitrogens is 1. The van der Waals surface area contributed by atoms with Gasteiger partial charge in [-0.3, -0.25) is 14.6 Å². The Labute approximate surface area is 242 Å². The van der Waals surface area contributed by atoms with Crippen LogP contribution in [-0.2, 0) is 22.3 Å². The van der Waals surface area contributed by atoms with E-state index in [1.165, 1.54) is 35.1 Å². The van der Waals surface area contributed by atoms with Gasteiger partial charge in [0.05, 0.1) is 22.7 Å². The number of hydrogen-bond donors (Lipinski definition) is 2. The molecule has 0 radical (unpaired) electrons. The van der Waals surface area contributed by atoms with Crippen LogP contribution in [0.4, 0.5) is 27.6 Å². The van der Waals surface area contributed by atoms with Gasteiger partial charge < -0.3 is 10.4 Å². The summed E-state index contributed by atoms with van der Waals surface area (Å²) >= 11 is 1.34. The van der Waals surface area contributed by atoms with E-state index in [4.69, 9.17) is 0 Å². The number of nitrogens with zero attached hydrogens (tertiary/aromatic N) is 3. The second kappa shape index (κ2) is 11.0. The Hall–Kier alpha value is -3.97. The quantitative estimate of drug-likeness (QED) is 0.194. The van der Waals surface area contributed by atoms with E-state index in [1.54, 1.807) is 25.3 Å². The number of aliphatic hydroxyl groups excluding tert-OH is 1. The van der Waals surface area contributed by atoms with E-state index in [0.717, 1.165) is 29.3 Å². The summed E-state index contributed by atoms with van der Waals surface area (Å²) in [5.41, 5.74) is -2.72. The molecule has 1 atom stereocenters. The van der Waals surface area contributed by atoms with Crippen molar-refractivity contribution in [2.24, 2.45) is 0 Å². The molecule has 2 aliphatic heterocycles. The lowest BCUT2D eigenvalue weighted by molar-refractivity contribution is -0.160. The maximum Gasteiger partial charge on any atom is 0.416 e. The molecule has 1 saturated heterocycles. The molecule has 2 N–H and O–H groups in total. The van der Waals surface area contributed by atoms with Gasteiger partial charge in [0.1, 0.15) is 11.3 Å². The van der Waals surface area contributed by atoms with Gasteiger partial charge in [-0.25, -0.2) is 18.8 Å². The molecule has 2 amide bonds. The van der Waals surface area contributed by atoms with Crippen molar-refractivity contribution < 1.29 is 36.6 Å². The number of amides is 2. The molecule has 2 aliphatic rings. The third-order valence-corrected chi connectivity index (χ3v) is 8.18. The summed E-state index contributed by atoms with van der Waals surface area (Å²) in [5.74, 6) is -4.80. The maximum atomic E-state index is 14.6. The van der Waals surface area contributed by atoms with Crippen molar-refractivity contribution in [1.82, 2.24) is 15.0 Å². The Morgan fingerprint density at radius 1 is 1.17 bits per heavy atom. The summed E-state index contributed by atoms with van der Waals surface area (Å²) in [5, 5.41) is 17.0. The minimum absolute atomic E-state index is 0.00549. The second-order valence-electron chi connectivity index (χ2n) is 10.1. The standard InChI is InChI=1S/C29H25F5N4O3S/c1-28-11-4-12-38(28)37(15-17-5-3-6-20(30)24(17)31)27(41)23(25(28)39)26(40)36-21-9-8-18(29(32,33)34)13-19(21)16-7-10-22(42-2)35-14-16/h3,5-10,13-14,39H,4,11-12,15H2,1-2H3,(H,36,40)/t28-/m1/s1. The fourth-order valence-corrected chi connectivity index (χ4v) is 5.66. The van der Waals surface area contributed by atoms with Gasteiger partial charge >= 0.3 is 6.18 Å². The topological polar surface area (TPSA) is 85.8 Å². The number of fused-ring (bicyclic) bond motifs is 1. The predicted molar refractivity (Wildman–Crippen MR) is 146 cm³/mol. The Morgan fingerprint density at radius 3 is 2.60 bits per heavy atom. The summed E-state index contributed by atoms with van der Waals surface area (Å²) < 4.78 is 69.2. The van der Waals surface area contributed by atoms with Crippen LogP contribution >= 0.6 is 11.8 Å². The van der Waals surface area contributed by atoms with Gasteiger partial charge in [0, 0.05) is 35.1 Å². The number of aliphatic hydroxyl groups is 1. The number of nitrogens with one attached hydrogen (secondary N) is 1. The number of rotatable bonds is 6. The Bertz CT molecular complexity index is 1600. The SMILES string of the molecule is CSc1ccc(-c2cc(C(F)(F)F)ccc2NC(=O)C2=C(O)[C@@]3(C)CCCN3N(Cc3cccc(F)c3F)C2=O)cn1. The molecule has 0 unspecified atom stereocenters. The lowest BCUT2D eigenvalue weighted by Crippen LogP contribution is -2.60. The molecule has 0 bridgehead atoms. The van der Waals surface area contributed by atoms with Crippen molar-refractivity contribution in [2.45, 2.75) is 43.1 Å². The number of benzene rings is 2. The maximum absolute atomic E-state index is 14.6. The fraction of sp³-hybridized carbons (Fsp3) is 0.276. The Balaban J connectivity index is 1.54. The molecule has 7 nitrogen and oxygen atoms in total. The molecule has 3 heterocycles. The molecule has 3 aromatic rings.